The lowest BCUT2D eigenvalue weighted by molar-refractivity contribution is 0.0923. The summed E-state index contributed by atoms with van der Waals surface area (Å²) in [6, 6.07) is 7.57. The van der Waals surface area contributed by atoms with Crippen LogP contribution in [0.15, 0.2) is 24.3 Å². The normalized spacial score (nSPS) is 26.4. The molecule has 0 spiro atoms. The number of rotatable bonds is 2. The molecule has 2 saturated heterocycles. The second-order valence-corrected chi connectivity index (χ2v) is 6.74. The van der Waals surface area contributed by atoms with Crippen LogP contribution in [0.4, 0.5) is 4.39 Å². The van der Waals surface area contributed by atoms with Gasteiger partial charge in [-0.3, -0.25) is 9.78 Å². The number of pyridine rings is 1. The Hall–Kier alpha value is -2.01. The van der Waals surface area contributed by atoms with Crippen molar-refractivity contribution in [1.82, 2.24) is 15.6 Å². The predicted octanol–water partition coefficient (Wildman–Crippen LogP) is 2.70. The summed E-state index contributed by atoms with van der Waals surface area (Å²) in [5, 5.41) is 7.52. The maximum atomic E-state index is 13.3. The van der Waals surface area contributed by atoms with Gasteiger partial charge in [-0.2, -0.15) is 0 Å². The summed E-state index contributed by atoms with van der Waals surface area (Å²) in [7, 11) is 0. The van der Waals surface area contributed by atoms with Crippen LogP contribution in [-0.4, -0.2) is 29.0 Å². The molecule has 2 aliphatic rings. The van der Waals surface area contributed by atoms with E-state index in [4.69, 9.17) is 0 Å². The Labute approximate surface area is 134 Å². The Balaban J connectivity index is 1.57. The van der Waals surface area contributed by atoms with Crippen LogP contribution in [0.5, 0.6) is 0 Å². The van der Waals surface area contributed by atoms with Crippen molar-refractivity contribution in [2.75, 3.05) is 0 Å². The van der Waals surface area contributed by atoms with E-state index in [-0.39, 0.29) is 17.8 Å². The summed E-state index contributed by atoms with van der Waals surface area (Å²) < 4.78 is 13.3. The molecule has 2 aromatic rings. The average Bonchev–Trinajstić information content (AvgIpc) is 2.85. The molecular formula is C18H20FN3O. The molecule has 2 aliphatic heterocycles. The summed E-state index contributed by atoms with van der Waals surface area (Å²) in [4.78, 5) is 17.0. The number of hydrogen-bond acceptors (Lipinski definition) is 3. The highest BCUT2D eigenvalue weighted by molar-refractivity contribution is 5.98. The molecule has 0 radical (unpaired) electrons. The second kappa shape index (κ2) is 5.57. The fraction of sp³-hybridized carbons (Fsp3) is 0.444. The van der Waals surface area contributed by atoms with E-state index in [1.807, 2.05) is 6.07 Å². The molecular weight excluding hydrogens is 293 g/mol. The smallest absolute Gasteiger partial charge is 0.253 e. The quantitative estimate of drug-likeness (QED) is 0.896. The SMILES string of the molecule is Cc1nc2cc(F)ccc2cc1C(=O)NC1CC2CCC(C1)N2. The first-order valence-corrected chi connectivity index (χ1v) is 8.22. The third-order valence-electron chi connectivity index (χ3n) is 5.02. The average molecular weight is 313 g/mol. The van der Waals surface area contributed by atoms with Gasteiger partial charge in [-0.1, -0.05) is 0 Å². The molecule has 0 aliphatic carbocycles. The van der Waals surface area contributed by atoms with Crippen LogP contribution >= 0.6 is 0 Å². The number of fused-ring (bicyclic) bond motifs is 3. The molecule has 2 bridgehead atoms. The largest absolute Gasteiger partial charge is 0.349 e. The lowest BCUT2D eigenvalue weighted by Gasteiger charge is -2.29. The summed E-state index contributed by atoms with van der Waals surface area (Å²) >= 11 is 0. The third kappa shape index (κ3) is 2.81. The van der Waals surface area contributed by atoms with E-state index in [1.165, 1.54) is 25.0 Å². The maximum Gasteiger partial charge on any atom is 0.253 e. The lowest BCUT2D eigenvalue weighted by atomic mass is 9.99. The van der Waals surface area contributed by atoms with Gasteiger partial charge in [-0.15, -0.1) is 0 Å². The van der Waals surface area contributed by atoms with E-state index in [9.17, 15) is 9.18 Å². The van der Waals surface area contributed by atoms with Crippen molar-refractivity contribution in [2.24, 2.45) is 0 Å². The molecule has 3 heterocycles. The van der Waals surface area contributed by atoms with Crippen molar-refractivity contribution in [2.45, 2.75) is 50.7 Å². The fourth-order valence-corrected chi connectivity index (χ4v) is 3.90. The van der Waals surface area contributed by atoms with Gasteiger partial charge in [0.15, 0.2) is 0 Å². The van der Waals surface area contributed by atoms with E-state index in [0.29, 0.717) is 28.9 Å². The van der Waals surface area contributed by atoms with Crippen LogP contribution in [0.1, 0.15) is 41.7 Å². The third-order valence-corrected chi connectivity index (χ3v) is 5.02. The van der Waals surface area contributed by atoms with Crippen LogP contribution in [0, 0.1) is 12.7 Å². The molecule has 2 fully saturated rings. The minimum absolute atomic E-state index is 0.0764. The van der Waals surface area contributed by atoms with Gasteiger partial charge in [0.2, 0.25) is 0 Å². The lowest BCUT2D eigenvalue weighted by Crippen LogP contribution is -2.48. The summed E-state index contributed by atoms with van der Waals surface area (Å²) in [5.41, 5.74) is 1.80. The van der Waals surface area contributed by atoms with E-state index >= 15 is 0 Å². The molecule has 2 atom stereocenters. The Kier molecular flexibility index (Phi) is 3.53. The molecule has 2 N–H and O–H groups in total. The Morgan fingerprint density at radius 2 is 2.00 bits per heavy atom. The minimum Gasteiger partial charge on any atom is -0.349 e. The monoisotopic (exact) mass is 313 g/mol. The van der Waals surface area contributed by atoms with Crippen molar-refractivity contribution >= 4 is 16.8 Å². The Morgan fingerprint density at radius 1 is 1.26 bits per heavy atom. The highest BCUT2D eigenvalue weighted by Gasteiger charge is 2.34. The van der Waals surface area contributed by atoms with Crippen LogP contribution in [0.2, 0.25) is 0 Å². The number of nitrogens with one attached hydrogen (secondary N) is 2. The van der Waals surface area contributed by atoms with E-state index in [0.717, 1.165) is 18.2 Å². The van der Waals surface area contributed by atoms with Crippen LogP contribution in [0.3, 0.4) is 0 Å². The summed E-state index contributed by atoms with van der Waals surface area (Å²) in [6.07, 6.45) is 4.40. The predicted molar refractivity (Wildman–Crippen MR) is 86.9 cm³/mol. The number of aromatic nitrogens is 1. The van der Waals surface area contributed by atoms with Crippen LogP contribution in [0.25, 0.3) is 10.9 Å². The van der Waals surface area contributed by atoms with Crippen LogP contribution in [-0.2, 0) is 0 Å². The Morgan fingerprint density at radius 3 is 2.74 bits per heavy atom. The van der Waals surface area contributed by atoms with Gasteiger partial charge in [0.05, 0.1) is 16.8 Å². The van der Waals surface area contributed by atoms with Crippen molar-refractivity contribution in [1.29, 1.82) is 0 Å². The molecule has 0 saturated carbocycles. The first-order valence-electron chi connectivity index (χ1n) is 8.22. The zero-order chi connectivity index (χ0) is 16.0. The van der Waals surface area contributed by atoms with Gasteiger partial charge >= 0.3 is 0 Å². The van der Waals surface area contributed by atoms with Crippen LogP contribution < -0.4 is 10.6 Å². The van der Waals surface area contributed by atoms with Crippen molar-refractivity contribution in [3.63, 3.8) is 0 Å². The number of benzene rings is 1. The number of halogens is 1. The summed E-state index contributed by atoms with van der Waals surface area (Å²) in [6.45, 7) is 1.80. The number of carbonyl (C=O) groups is 1. The minimum atomic E-state index is -0.313. The molecule has 1 amide bonds. The molecule has 4 rings (SSSR count). The van der Waals surface area contributed by atoms with E-state index < -0.39 is 0 Å². The Bertz CT molecular complexity index is 764. The van der Waals surface area contributed by atoms with Gasteiger partial charge in [0.1, 0.15) is 5.82 Å². The highest BCUT2D eigenvalue weighted by Crippen LogP contribution is 2.27. The number of amides is 1. The van der Waals surface area contributed by atoms with Gasteiger partial charge in [0.25, 0.3) is 5.91 Å². The molecule has 1 aromatic carbocycles. The van der Waals surface area contributed by atoms with Gasteiger partial charge in [-0.25, -0.2) is 4.39 Å². The number of nitrogens with zero attached hydrogens (tertiary/aromatic N) is 1. The summed E-state index contributed by atoms with van der Waals surface area (Å²) in [5.74, 6) is -0.390. The maximum absolute atomic E-state index is 13.3. The van der Waals surface area contributed by atoms with E-state index in [2.05, 4.69) is 15.6 Å². The van der Waals surface area contributed by atoms with Crippen molar-refractivity contribution < 1.29 is 9.18 Å². The zero-order valence-corrected chi connectivity index (χ0v) is 13.1. The standard InChI is InChI=1S/C18H20FN3O/c1-10-16(6-11-2-3-12(19)7-17(11)20-10)18(23)22-15-8-13-4-5-14(9-15)21-13/h2-3,6-7,13-15,21H,4-5,8-9H2,1H3,(H,22,23). The first kappa shape index (κ1) is 14.6. The van der Waals surface area contributed by atoms with Gasteiger partial charge < -0.3 is 10.6 Å². The van der Waals surface area contributed by atoms with Crippen molar-refractivity contribution in [3.05, 3.63) is 41.3 Å². The molecule has 23 heavy (non-hydrogen) atoms. The van der Waals surface area contributed by atoms with Gasteiger partial charge in [0, 0.05) is 29.6 Å². The first-order chi connectivity index (χ1) is 11.1. The molecule has 2 unspecified atom stereocenters. The van der Waals surface area contributed by atoms with E-state index in [1.54, 1.807) is 13.0 Å². The highest BCUT2D eigenvalue weighted by atomic mass is 19.1. The number of piperidine rings is 1. The molecule has 1 aromatic heterocycles. The molecule has 5 heteroatoms. The molecule has 120 valence electrons. The molecule has 4 nitrogen and oxygen atoms in total. The van der Waals surface area contributed by atoms with Gasteiger partial charge in [-0.05, 0) is 50.8 Å². The second-order valence-electron chi connectivity index (χ2n) is 6.74. The fourth-order valence-electron chi connectivity index (χ4n) is 3.90. The zero-order valence-electron chi connectivity index (χ0n) is 13.1. The number of aryl methyl sites for hydroxylation is 1. The topological polar surface area (TPSA) is 54.0 Å². The number of hydrogen-bond donors (Lipinski definition) is 2. The van der Waals surface area contributed by atoms with Crippen molar-refractivity contribution in [3.8, 4) is 0 Å². The number of carbonyl (C=O) groups excluding carboxylic acids is 1.